The number of Topliss-reactive ketones (excluding diaryl/α,β-unsaturated/α-hetero) is 2. The fraction of sp³-hybridized carbons (Fsp3) is 0.893. The van der Waals surface area contributed by atoms with Gasteiger partial charge in [0, 0.05) is 24.7 Å². The van der Waals surface area contributed by atoms with Crippen molar-refractivity contribution in [2.24, 2.45) is 57.2 Å². The number of aliphatic carboxylic acids is 1. The van der Waals surface area contributed by atoms with Crippen molar-refractivity contribution >= 4 is 17.5 Å². The van der Waals surface area contributed by atoms with Gasteiger partial charge in [0.1, 0.15) is 11.6 Å². The van der Waals surface area contributed by atoms with E-state index in [4.69, 9.17) is 0 Å². The average Bonchev–Trinajstić information content (AvgIpc) is 2.71. The summed E-state index contributed by atoms with van der Waals surface area (Å²) in [5.41, 5.74) is -0.473. The number of carbonyl (C=O) groups is 3. The highest BCUT2D eigenvalue weighted by Gasteiger charge is 2.68. The summed E-state index contributed by atoms with van der Waals surface area (Å²) in [5, 5.41) is 10.4. The Morgan fingerprint density at radius 1 is 0.844 bits per heavy atom. The summed E-state index contributed by atoms with van der Waals surface area (Å²) in [6, 6.07) is 0. The molecule has 5 fully saturated rings. The predicted octanol–water partition coefficient (Wildman–Crippen LogP) is 5.92. The summed E-state index contributed by atoms with van der Waals surface area (Å²) in [6.45, 7) is 11.4. The second-order valence-electron chi connectivity index (χ2n) is 13.7. The van der Waals surface area contributed by atoms with Gasteiger partial charge in [0.15, 0.2) is 0 Å². The fourth-order valence-corrected chi connectivity index (χ4v) is 10.1. The lowest BCUT2D eigenvalue weighted by Crippen LogP contribution is -2.65. The smallest absolute Gasteiger partial charge is 0.309 e. The number of fused-ring (bicyclic) bond motifs is 7. The van der Waals surface area contributed by atoms with Crippen LogP contribution in [0.25, 0.3) is 0 Å². The molecule has 0 spiro atoms. The first-order chi connectivity index (χ1) is 14.9. The summed E-state index contributed by atoms with van der Waals surface area (Å²) in [5.74, 6) is 1.09. The number of rotatable bonds is 1. The molecule has 0 heterocycles. The Morgan fingerprint density at radius 3 is 2.19 bits per heavy atom. The Morgan fingerprint density at radius 2 is 1.50 bits per heavy atom. The van der Waals surface area contributed by atoms with Crippen LogP contribution >= 0.6 is 0 Å². The lowest BCUT2D eigenvalue weighted by Gasteiger charge is -2.67. The standard InChI is InChI=1S/C28H42O4/c1-16-17-6-9-27(5)18-7-11-28(24(31)32)13-12-25(2,3)15-19(28)23(18)21(30)14-22(27)26(17,4)10-8-20(16)29/h16-19,22-23H,6-15H2,1-5H3,(H,31,32). The van der Waals surface area contributed by atoms with Gasteiger partial charge in [0.05, 0.1) is 5.41 Å². The molecule has 0 aliphatic heterocycles. The Labute approximate surface area is 193 Å². The molecule has 0 aromatic rings. The highest BCUT2D eigenvalue weighted by Crippen LogP contribution is 2.71. The average molecular weight is 443 g/mol. The lowest BCUT2D eigenvalue weighted by molar-refractivity contribution is -0.203. The first-order valence-electron chi connectivity index (χ1n) is 13.1. The minimum absolute atomic E-state index is 0.0230. The van der Waals surface area contributed by atoms with Crippen molar-refractivity contribution in [1.82, 2.24) is 0 Å². The number of carboxylic acids is 1. The molecule has 0 radical (unpaired) electrons. The van der Waals surface area contributed by atoms with Gasteiger partial charge in [-0.1, -0.05) is 34.6 Å². The van der Waals surface area contributed by atoms with Crippen molar-refractivity contribution in [3.05, 3.63) is 0 Å². The van der Waals surface area contributed by atoms with Crippen molar-refractivity contribution in [2.45, 2.75) is 98.8 Å². The van der Waals surface area contributed by atoms with Gasteiger partial charge < -0.3 is 5.11 Å². The van der Waals surface area contributed by atoms with Crippen LogP contribution in [0, 0.1) is 57.2 Å². The van der Waals surface area contributed by atoms with E-state index in [2.05, 4.69) is 34.6 Å². The summed E-state index contributed by atoms with van der Waals surface area (Å²) < 4.78 is 0. The second kappa shape index (κ2) is 6.92. The van der Waals surface area contributed by atoms with E-state index in [1.54, 1.807) is 0 Å². The molecule has 9 atom stereocenters. The Bertz CT molecular complexity index is 859. The summed E-state index contributed by atoms with van der Waals surface area (Å²) in [7, 11) is 0. The van der Waals surface area contributed by atoms with E-state index in [1.165, 1.54) is 0 Å². The van der Waals surface area contributed by atoms with Gasteiger partial charge in [-0.2, -0.15) is 0 Å². The van der Waals surface area contributed by atoms with Gasteiger partial charge in [-0.15, -0.1) is 0 Å². The summed E-state index contributed by atoms with van der Waals surface area (Å²) in [4.78, 5) is 39.1. The molecular formula is C28H42O4. The number of hydrogen-bond donors (Lipinski definition) is 1. The van der Waals surface area contributed by atoms with Gasteiger partial charge in [0.2, 0.25) is 0 Å². The van der Waals surface area contributed by atoms with Gasteiger partial charge in [-0.3, -0.25) is 14.4 Å². The van der Waals surface area contributed by atoms with E-state index >= 15 is 0 Å². The molecule has 0 aromatic carbocycles. The molecule has 9 unspecified atom stereocenters. The van der Waals surface area contributed by atoms with Crippen molar-refractivity contribution in [3.8, 4) is 0 Å². The van der Waals surface area contributed by atoms with Crippen LogP contribution in [0.3, 0.4) is 0 Å². The van der Waals surface area contributed by atoms with Gasteiger partial charge in [0.25, 0.3) is 0 Å². The number of hydrogen-bond acceptors (Lipinski definition) is 3. The molecule has 0 amide bonds. The predicted molar refractivity (Wildman–Crippen MR) is 123 cm³/mol. The van der Waals surface area contributed by atoms with Gasteiger partial charge in [-0.05, 0) is 91.3 Å². The van der Waals surface area contributed by atoms with Crippen LogP contribution in [0.5, 0.6) is 0 Å². The lowest BCUT2D eigenvalue weighted by atomic mass is 9.36. The molecule has 5 aliphatic carbocycles. The number of carbonyl (C=O) groups excluding carboxylic acids is 2. The van der Waals surface area contributed by atoms with Crippen LogP contribution in [0.2, 0.25) is 0 Å². The van der Waals surface area contributed by atoms with Gasteiger partial charge in [-0.25, -0.2) is 0 Å². The quantitative estimate of drug-likeness (QED) is 0.547. The van der Waals surface area contributed by atoms with Crippen LogP contribution in [-0.2, 0) is 14.4 Å². The molecule has 32 heavy (non-hydrogen) atoms. The van der Waals surface area contributed by atoms with Crippen LogP contribution < -0.4 is 0 Å². The number of ketones is 2. The summed E-state index contributed by atoms with van der Waals surface area (Å²) >= 11 is 0. The van der Waals surface area contributed by atoms with E-state index < -0.39 is 11.4 Å². The molecule has 5 saturated carbocycles. The molecule has 5 rings (SSSR count). The molecule has 178 valence electrons. The molecule has 0 bridgehead atoms. The zero-order valence-corrected chi connectivity index (χ0v) is 20.7. The highest BCUT2D eigenvalue weighted by atomic mass is 16.4. The van der Waals surface area contributed by atoms with E-state index in [0.717, 1.165) is 51.4 Å². The van der Waals surface area contributed by atoms with Crippen LogP contribution in [-0.4, -0.2) is 22.6 Å². The van der Waals surface area contributed by atoms with Crippen molar-refractivity contribution in [3.63, 3.8) is 0 Å². The maximum absolute atomic E-state index is 14.0. The Hall–Kier alpha value is -1.19. The minimum Gasteiger partial charge on any atom is -0.481 e. The third-order valence-electron chi connectivity index (χ3n) is 12.0. The molecule has 0 aromatic heterocycles. The first kappa shape index (κ1) is 22.6. The second-order valence-corrected chi connectivity index (χ2v) is 13.7. The zero-order valence-electron chi connectivity index (χ0n) is 20.7. The molecule has 0 saturated heterocycles. The minimum atomic E-state index is -0.706. The summed E-state index contributed by atoms with van der Waals surface area (Å²) in [6.07, 6.45) is 8.45. The monoisotopic (exact) mass is 442 g/mol. The third kappa shape index (κ3) is 2.83. The molecule has 1 N–H and O–H groups in total. The van der Waals surface area contributed by atoms with E-state index in [0.29, 0.717) is 42.2 Å². The van der Waals surface area contributed by atoms with Crippen molar-refractivity contribution in [1.29, 1.82) is 0 Å². The number of carboxylic acid groups (broad SMARTS) is 1. The zero-order chi connectivity index (χ0) is 23.3. The molecular weight excluding hydrogens is 400 g/mol. The van der Waals surface area contributed by atoms with E-state index in [1.807, 2.05) is 0 Å². The van der Waals surface area contributed by atoms with Crippen LogP contribution in [0.1, 0.15) is 98.8 Å². The van der Waals surface area contributed by atoms with Gasteiger partial charge >= 0.3 is 5.97 Å². The SMILES string of the molecule is CC1C(=O)CCC2(C)C1CCC1(C)C3CCC4(C(=O)O)CCC(C)(C)CC4C3C(=O)CC21. The topological polar surface area (TPSA) is 71.4 Å². The van der Waals surface area contributed by atoms with E-state index in [9.17, 15) is 19.5 Å². The normalized spacial score (nSPS) is 52.3. The first-order valence-corrected chi connectivity index (χ1v) is 13.1. The van der Waals surface area contributed by atoms with Crippen molar-refractivity contribution < 1.29 is 19.5 Å². The maximum Gasteiger partial charge on any atom is 0.309 e. The third-order valence-corrected chi connectivity index (χ3v) is 12.0. The molecule has 4 heteroatoms. The Balaban J connectivity index is 1.54. The van der Waals surface area contributed by atoms with Crippen LogP contribution in [0.4, 0.5) is 0 Å². The van der Waals surface area contributed by atoms with Crippen molar-refractivity contribution in [2.75, 3.05) is 0 Å². The van der Waals surface area contributed by atoms with E-state index in [-0.39, 0.29) is 34.0 Å². The fourth-order valence-electron chi connectivity index (χ4n) is 10.1. The largest absolute Gasteiger partial charge is 0.481 e. The Kier molecular flexibility index (Phi) is 4.88. The molecule has 5 aliphatic rings. The van der Waals surface area contributed by atoms with Crippen LogP contribution in [0.15, 0.2) is 0 Å². The maximum atomic E-state index is 14.0. The highest BCUT2D eigenvalue weighted by molar-refractivity contribution is 5.86. The molecule has 4 nitrogen and oxygen atoms in total.